The van der Waals surface area contributed by atoms with Crippen molar-refractivity contribution in [3.8, 4) is 11.1 Å². The Hall–Kier alpha value is -4.78. The SMILES string of the molecule is CCCc1c2nc(c(CCC)c3ccc([nH]3)c(-c3ccccc3[N+](=O)[O-])c3ccc([nH]3)c(CCC)c3nc1C=C3)C=C2. The number of H-pyrrole nitrogens is 2. The van der Waals surface area contributed by atoms with Crippen LogP contribution in [-0.2, 0) is 19.3 Å². The number of nitrogens with one attached hydrogen (secondary N) is 2. The normalized spacial score (nSPS) is 12.3. The third-order valence-corrected chi connectivity index (χ3v) is 7.95. The molecule has 2 N–H and O–H groups in total. The lowest BCUT2D eigenvalue weighted by molar-refractivity contribution is -0.384. The third kappa shape index (κ3) is 4.96. The van der Waals surface area contributed by atoms with Crippen LogP contribution in [0.1, 0.15) is 79.5 Å². The molecule has 0 aliphatic carbocycles. The second-order valence-corrected chi connectivity index (χ2v) is 10.8. The fourth-order valence-electron chi connectivity index (χ4n) is 6.05. The number of aryl methyl sites for hydroxylation is 2. The number of benzene rings is 1. The van der Waals surface area contributed by atoms with Gasteiger partial charge in [-0.3, -0.25) is 10.1 Å². The van der Waals surface area contributed by atoms with E-state index in [0.717, 1.165) is 100 Å². The van der Waals surface area contributed by atoms with E-state index in [4.69, 9.17) is 9.97 Å². The van der Waals surface area contributed by atoms with Crippen molar-refractivity contribution in [2.45, 2.75) is 59.3 Å². The molecule has 0 atom stereocenters. The molecular formula is C35H35N5O2. The van der Waals surface area contributed by atoms with E-state index in [0.29, 0.717) is 5.56 Å². The van der Waals surface area contributed by atoms with E-state index >= 15 is 0 Å². The van der Waals surface area contributed by atoms with E-state index in [1.165, 1.54) is 5.56 Å². The van der Waals surface area contributed by atoms with Crippen LogP contribution in [0.5, 0.6) is 0 Å². The summed E-state index contributed by atoms with van der Waals surface area (Å²) in [6.45, 7) is 6.52. The first-order valence-electron chi connectivity index (χ1n) is 14.9. The Morgan fingerprint density at radius 3 is 1.52 bits per heavy atom. The fourth-order valence-corrected chi connectivity index (χ4v) is 6.05. The van der Waals surface area contributed by atoms with Crippen LogP contribution >= 0.6 is 0 Å². The Bertz CT molecular complexity index is 1800. The molecule has 1 aromatic carbocycles. The van der Waals surface area contributed by atoms with Gasteiger partial charge in [-0.05, 0) is 73.9 Å². The van der Waals surface area contributed by atoms with Crippen LogP contribution in [0.3, 0.4) is 0 Å². The highest BCUT2D eigenvalue weighted by molar-refractivity contribution is 5.97. The van der Waals surface area contributed by atoms with Gasteiger partial charge in [-0.25, -0.2) is 9.97 Å². The minimum absolute atomic E-state index is 0.0633. The summed E-state index contributed by atoms with van der Waals surface area (Å²) < 4.78 is 0. The van der Waals surface area contributed by atoms with E-state index in [-0.39, 0.29) is 10.6 Å². The van der Waals surface area contributed by atoms with Gasteiger partial charge in [0.25, 0.3) is 5.69 Å². The average molecular weight is 558 g/mol. The molecule has 2 aliphatic heterocycles. The molecule has 7 nitrogen and oxygen atoms in total. The predicted octanol–water partition coefficient (Wildman–Crippen LogP) is 9.09. The Balaban J connectivity index is 1.81. The summed E-state index contributed by atoms with van der Waals surface area (Å²) in [5.74, 6) is 0. The smallest absolute Gasteiger partial charge is 0.277 e. The Morgan fingerprint density at radius 1 is 0.619 bits per heavy atom. The minimum atomic E-state index is -0.312. The topological polar surface area (TPSA) is 100 Å². The summed E-state index contributed by atoms with van der Waals surface area (Å²) in [7, 11) is 0. The summed E-state index contributed by atoms with van der Waals surface area (Å²) in [4.78, 5) is 29.4. The molecule has 212 valence electrons. The molecule has 2 aliphatic rings. The zero-order chi connectivity index (χ0) is 29.2. The van der Waals surface area contributed by atoms with Gasteiger partial charge in [0.1, 0.15) is 0 Å². The fraction of sp³-hybridized carbons (Fsp3) is 0.257. The van der Waals surface area contributed by atoms with Crippen LogP contribution in [-0.4, -0.2) is 24.9 Å². The van der Waals surface area contributed by atoms with Crippen molar-refractivity contribution in [2.75, 3.05) is 0 Å². The van der Waals surface area contributed by atoms with Gasteiger partial charge in [0.2, 0.25) is 0 Å². The van der Waals surface area contributed by atoms with Gasteiger partial charge in [-0.15, -0.1) is 0 Å². The summed E-state index contributed by atoms with van der Waals surface area (Å²) in [6.07, 6.45) is 14.0. The molecule has 42 heavy (non-hydrogen) atoms. The van der Waals surface area contributed by atoms with Gasteiger partial charge in [0.15, 0.2) is 0 Å². The summed E-state index contributed by atoms with van der Waals surface area (Å²) in [5.41, 5.74) is 12.2. The van der Waals surface area contributed by atoms with Crippen LogP contribution in [0, 0.1) is 10.1 Å². The molecule has 8 bridgehead atoms. The lowest BCUT2D eigenvalue weighted by Crippen LogP contribution is -1.96. The van der Waals surface area contributed by atoms with Gasteiger partial charge >= 0.3 is 0 Å². The molecule has 0 saturated carbocycles. The summed E-state index contributed by atoms with van der Waals surface area (Å²) in [6, 6.07) is 15.1. The number of aromatic nitrogens is 4. The molecule has 6 rings (SSSR count). The zero-order valence-electron chi connectivity index (χ0n) is 24.3. The second kappa shape index (κ2) is 11.6. The van der Waals surface area contributed by atoms with Crippen molar-refractivity contribution < 1.29 is 4.92 Å². The molecule has 0 amide bonds. The molecular weight excluding hydrogens is 522 g/mol. The predicted molar refractivity (Wildman–Crippen MR) is 173 cm³/mol. The maximum Gasteiger partial charge on any atom is 0.277 e. The van der Waals surface area contributed by atoms with Gasteiger partial charge in [-0.1, -0.05) is 52.2 Å². The molecule has 3 aromatic heterocycles. The highest BCUT2D eigenvalue weighted by atomic mass is 16.6. The first-order chi connectivity index (χ1) is 20.5. The van der Waals surface area contributed by atoms with Crippen LogP contribution < -0.4 is 0 Å². The Labute approximate surface area is 245 Å². The van der Waals surface area contributed by atoms with E-state index in [9.17, 15) is 10.1 Å². The third-order valence-electron chi connectivity index (χ3n) is 7.95. The van der Waals surface area contributed by atoms with Gasteiger partial charge in [-0.2, -0.15) is 0 Å². The van der Waals surface area contributed by atoms with E-state index in [1.807, 2.05) is 24.3 Å². The number of rotatable bonds is 8. The molecule has 0 fully saturated rings. The molecule has 7 heteroatoms. The highest BCUT2D eigenvalue weighted by Crippen LogP contribution is 2.36. The number of nitrogens with zero attached hydrogens (tertiary/aromatic N) is 3. The van der Waals surface area contributed by atoms with Crippen molar-refractivity contribution in [1.82, 2.24) is 19.9 Å². The molecule has 0 spiro atoms. The van der Waals surface area contributed by atoms with Crippen LogP contribution in [0.2, 0.25) is 0 Å². The first-order valence-corrected chi connectivity index (χ1v) is 14.9. The first kappa shape index (κ1) is 27.4. The maximum atomic E-state index is 12.2. The van der Waals surface area contributed by atoms with Crippen molar-refractivity contribution >= 4 is 52.1 Å². The molecule has 0 radical (unpaired) electrons. The standard InChI is InChI=1S/C35H35N5O2/c1-4-9-22-26-14-16-28(36-26)23(10-5-2)30-18-20-32(38-30)35(25-12-7-8-13-34(25)40(41)42)33-21-19-31(39-33)24(11-6-3)29-17-15-27(22)37-29/h7-8,12-21,38-39H,4-6,9-11H2,1-3H3. The summed E-state index contributed by atoms with van der Waals surface area (Å²) in [5, 5.41) is 12.2. The van der Waals surface area contributed by atoms with Crippen molar-refractivity contribution in [2.24, 2.45) is 0 Å². The van der Waals surface area contributed by atoms with Crippen LogP contribution in [0.25, 0.3) is 57.5 Å². The maximum absolute atomic E-state index is 12.2. The van der Waals surface area contributed by atoms with E-state index in [2.05, 4.69) is 67.2 Å². The number of aromatic amines is 2. The quantitative estimate of drug-likeness (QED) is 0.144. The number of hydrogen-bond acceptors (Lipinski definition) is 4. The number of nitro benzene ring substituents is 1. The Morgan fingerprint density at radius 2 is 1.05 bits per heavy atom. The van der Waals surface area contributed by atoms with Crippen molar-refractivity contribution in [3.63, 3.8) is 0 Å². The lowest BCUT2D eigenvalue weighted by Gasteiger charge is -2.05. The van der Waals surface area contributed by atoms with Crippen LogP contribution in [0.15, 0.2) is 48.5 Å². The van der Waals surface area contributed by atoms with Gasteiger partial charge in [0, 0.05) is 50.4 Å². The number of nitro groups is 1. The summed E-state index contributed by atoms with van der Waals surface area (Å²) >= 11 is 0. The van der Waals surface area contributed by atoms with E-state index < -0.39 is 0 Å². The minimum Gasteiger partial charge on any atom is -0.355 e. The monoisotopic (exact) mass is 557 g/mol. The second-order valence-electron chi connectivity index (χ2n) is 10.8. The Kier molecular flexibility index (Phi) is 7.57. The molecule has 0 saturated heterocycles. The largest absolute Gasteiger partial charge is 0.355 e. The van der Waals surface area contributed by atoms with Crippen LogP contribution in [0.4, 0.5) is 5.69 Å². The van der Waals surface area contributed by atoms with Crippen molar-refractivity contribution in [1.29, 1.82) is 0 Å². The zero-order valence-corrected chi connectivity index (χ0v) is 24.3. The lowest BCUT2D eigenvalue weighted by atomic mass is 10.0. The van der Waals surface area contributed by atoms with Crippen molar-refractivity contribution in [3.05, 3.63) is 98.1 Å². The number of fused-ring (bicyclic) bond motifs is 8. The number of para-hydroxylation sites is 1. The molecule has 0 unspecified atom stereocenters. The van der Waals surface area contributed by atoms with E-state index in [1.54, 1.807) is 12.1 Å². The van der Waals surface area contributed by atoms with Gasteiger partial charge in [0.05, 0.1) is 33.3 Å². The molecule has 4 aromatic rings. The highest BCUT2D eigenvalue weighted by Gasteiger charge is 2.20. The average Bonchev–Trinajstić information content (AvgIpc) is 3.81. The molecule has 5 heterocycles. The van der Waals surface area contributed by atoms with Gasteiger partial charge < -0.3 is 9.97 Å². The number of hydrogen-bond donors (Lipinski definition) is 2.